The Morgan fingerprint density at radius 1 is 0.886 bits per heavy atom. The number of aliphatic hydroxyl groups excluding tert-OH is 1. The van der Waals surface area contributed by atoms with Gasteiger partial charge in [0.1, 0.15) is 11.3 Å². The van der Waals surface area contributed by atoms with E-state index >= 15 is 0 Å². The van der Waals surface area contributed by atoms with Crippen molar-refractivity contribution >= 4 is 23.4 Å². The van der Waals surface area contributed by atoms with E-state index in [4.69, 9.17) is 14.2 Å². The van der Waals surface area contributed by atoms with Crippen LogP contribution in [0.2, 0.25) is 0 Å². The van der Waals surface area contributed by atoms with Crippen molar-refractivity contribution in [3.8, 4) is 5.75 Å². The molecule has 1 aliphatic heterocycles. The van der Waals surface area contributed by atoms with Crippen LogP contribution in [-0.4, -0.2) is 30.0 Å². The Kier molecular flexibility index (Phi) is 9.84. The molecule has 0 unspecified atom stereocenters. The molecule has 3 atom stereocenters. The summed E-state index contributed by atoms with van der Waals surface area (Å²) in [5, 5.41) is 11.6. The lowest BCUT2D eigenvalue weighted by molar-refractivity contribution is -0.245. The minimum Gasteiger partial charge on any atom is -0.496 e. The third kappa shape index (κ3) is 6.73. The van der Waals surface area contributed by atoms with Crippen LogP contribution in [0.25, 0.3) is 0 Å². The molecule has 4 aromatic carbocycles. The predicted octanol–water partition coefficient (Wildman–Crippen LogP) is 7.47. The minimum absolute atomic E-state index is 0.0120. The normalized spacial score (nSPS) is 18.2. The summed E-state index contributed by atoms with van der Waals surface area (Å²) in [5.74, 6) is -11.5. The van der Waals surface area contributed by atoms with Gasteiger partial charge < -0.3 is 24.6 Å². The number of benzene rings is 4. The molecule has 0 aliphatic carbocycles. The van der Waals surface area contributed by atoms with Gasteiger partial charge in [0.25, 0.3) is 5.91 Å². The Morgan fingerprint density at radius 2 is 1.57 bits per heavy atom. The van der Waals surface area contributed by atoms with Gasteiger partial charge in [0, 0.05) is 28.3 Å². The molecule has 2 N–H and O–H groups in total. The maximum Gasteiger partial charge on any atom is 0.261 e. The van der Waals surface area contributed by atoms with Crippen LogP contribution < -0.4 is 10.1 Å². The van der Waals surface area contributed by atoms with Crippen molar-refractivity contribution in [2.24, 2.45) is 0 Å². The smallest absolute Gasteiger partial charge is 0.261 e. The standard InChI is InChI=1S/C32H26F5NO5S/c1-41-22-7-2-3-8-24(22)44-16-21-14-23(18-11-9-17(15-39)10-12-18)43-32(42-21)19-5-4-6-20(13-19)38-31(40)25-26(33)28(35)30(37)29(36)27(25)34/h2-13,21,23,32,39H,14-16H2,1H3,(H,38,40)/t21-,23+,32+/m0/s1. The Bertz CT molecular complexity index is 1630. The summed E-state index contributed by atoms with van der Waals surface area (Å²) < 4.78 is 87.3. The summed E-state index contributed by atoms with van der Waals surface area (Å²) in [6, 6.07) is 20.8. The molecule has 1 aliphatic rings. The first-order valence-corrected chi connectivity index (χ1v) is 14.4. The molecule has 1 amide bonds. The predicted molar refractivity (Wildman–Crippen MR) is 153 cm³/mol. The zero-order valence-electron chi connectivity index (χ0n) is 23.2. The zero-order chi connectivity index (χ0) is 31.4. The lowest BCUT2D eigenvalue weighted by atomic mass is 10.0. The zero-order valence-corrected chi connectivity index (χ0v) is 24.0. The van der Waals surface area contributed by atoms with Crippen molar-refractivity contribution in [1.82, 2.24) is 0 Å². The van der Waals surface area contributed by atoms with Gasteiger partial charge in [-0.2, -0.15) is 0 Å². The first-order chi connectivity index (χ1) is 21.2. The van der Waals surface area contributed by atoms with Gasteiger partial charge in [0.15, 0.2) is 29.6 Å². The number of ether oxygens (including phenoxy) is 3. The van der Waals surface area contributed by atoms with Crippen molar-refractivity contribution in [3.63, 3.8) is 0 Å². The van der Waals surface area contributed by atoms with Crippen molar-refractivity contribution in [3.05, 3.63) is 124 Å². The van der Waals surface area contributed by atoms with Crippen molar-refractivity contribution in [2.75, 3.05) is 18.2 Å². The second-order valence-corrected chi connectivity index (χ2v) is 10.9. The molecule has 230 valence electrons. The van der Waals surface area contributed by atoms with Crippen LogP contribution in [0.1, 0.15) is 45.9 Å². The molecule has 0 saturated carbocycles. The maximum atomic E-state index is 14.2. The van der Waals surface area contributed by atoms with E-state index in [0.717, 1.165) is 21.8 Å². The number of anilines is 1. The van der Waals surface area contributed by atoms with Gasteiger partial charge >= 0.3 is 0 Å². The number of hydrogen-bond donors (Lipinski definition) is 2. The first-order valence-electron chi connectivity index (χ1n) is 13.4. The highest BCUT2D eigenvalue weighted by atomic mass is 32.2. The molecule has 1 fully saturated rings. The van der Waals surface area contributed by atoms with E-state index in [1.54, 1.807) is 25.3 Å². The van der Waals surface area contributed by atoms with Crippen LogP contribution in [0.15, 0.2) is 77.7 Å². The van der Waals surface area contributed by atoms with E-state index in [9.17, 15) is 31.9 Å². The number of carbonyl (C=O) groups is 1. The van der Waals surface area contributed by atoms with Crippen LogP contribution in [0, 0.1) is 29.1 Å². The van der Waals surface area contributed by atoms with Gasteiger partial charge in [-0.15, -0.1) is 11.8 Å². The van der Waals surface area contributed by atoms with Gasteiger partial charge in [0.2, 0.25) is 5.82 Å². The third-order valence-electron chi connectivity index (χ3n) is 6.96. The lowest BCUT2D eigenvalue weighted by Gasteiger charge is -2.36. The van der Waals surface area contributed by atoms with Crippen molar-refractivity contribution in [2.45, 2.75) is 36.4 Å². The summed E-state index contributed by atoms with van der Waals surface area (Å²) in [5.41, 5.74) is 0.426. The number of halogens is 5. The van der Waals surface area contributed by atoms with Crippen molar-refractivity contribution < 1.29 is 46.1 Å². The fraction of sp³-hybridized carbons (Fsp3) is 0.219. The summed E-state index contributed by atoms with van der Waals surface area (Å²) in [7, 11) is 1.59. The molecule has 0 bridgehead atoms. The Labute approximate surface area is 253 Å². The average molecular weight is 632 g/mol. The Morgan fingerprint density at radius 3 is 2.25 bits per heavy atom. The lowest BCUT2D eigenvalue weighted by Crippen LogP contribution is -2.31. The first kappa shape index (κ1) is 31.5. The number of carbonyl (C=O) groups excluding carboxylic acids is 1. The Hall–Kier alpha value is -3.97. The molecule has 1 heterocycles. The van der Waals surface area contributed by atoms with Crippen molar-refractivity contribution in [1.29, 1.82) is 0 Å². The van der Waals surface area contributed by atoms with Crippen LogP contribution in [0.3, 0.4) is 0 Å². The molecule has 4 aromatic rings. The molecule has 1 saturated heterocycles. The van der Waals surface area contributed by atoms with Gasteiger partial charge in [-0.05, 0) is 35.4 Å². The minimum atomic E-state index is -2.36. The molecule has 0 aromatic heterocycles. The Balaban J connectivity index is 1.39. The van der Waals surface area contributed by atoms with E-state index < -0.39 is 53.0 Å². The molecule has 5 rings (SSSR count). The highest BCUT2D eigenvalue weighted by Crippen LogP contribution is 2.41. The van der Waals surface area contributed by atoms with Gasteiger partial charge in [0.05, 0.1) is 25.9 Å². The summed E-state index contributed by atoms with van der Waals surface area (Å²) in [6.45, 7) is -0.112. The molecule has 44 heavy (non-hydrogen) atoms. The van der Waals surface area contributed by atoms with Crippen LogP contribution in [-0.2, 0) is 16.1 Å². The molecule has 0 radical (unpaired) electrons. The molecule has 0 spiro atoms. The number of aliphatic hydroxyl groups is 1. The fourth-order valence-corrected chi connectivity index (χ4v) is 5.75. The number of methoxy groups -OCH3 is 1. The number of para-hydroxylation sites is 1. The highest BCUT2D eigenvalue weighted by Gasteiger charge is 2.33. The second kappa shape index (κ2) is 13.8. The molecular weight excluding hydrogens is 605 g/mol. The molecule has 6 nitrogen and oxygen atoms in total. The van der Waals surface area contributed by atoms with Crippen LogP contribution in [0.5, 0.6) is 5.75 Å². The number of rotatable bonds is 9. The highest BCUT2D eigenvalue weighted by molar-refractivity contribution is 7.99. The van der Waals surface area contributed by atoms with Crippen LogP contribution >= 0.6 is 11.8 Å². The summed E-state index contributed by atoms with van der Waals surface area (Å²) in [4.78, 5) is 13.6. The fourth-order valence-electron chi connectivity index (χ4n) is 4.70. The number of hydrogen-bond acceptors (Lipinski definition) is 6. The number of amides is 1. The van der Waals surface area contributed by atoms with E-state index in [1.807, 2.05) is 36.4 Å². The SMILES string of the molecule is COc1ccccc1SC[C@@H]1C[C@H](c2ccc(CO)cc2)O[C@H](c2cccc(NC(=O)c3c(F)c(F)c(F)c(F)c3F)c2)O1. The molecule has 12 heteroatoms. The molecular formula is C32H26F5NO5S. The van der Waals surface area contributed by atoms with Gasteiger partial charge in [-0.1, -0.05) is 48.5 Å². The summed E-state index contributed by atoms with van der Waals surface area (Å²) >= 11 is 1.54. The van der Waals surface area contributed by atoms with Crippen LogP contribution in [0.4, 0.5) is 27.6 Å². The average Bonchev–Trinajstić information content (AvgIpc) is 3.05. The van der Waals surface area contributed by atoms with E-state index in [2.05, 4.69) is 5.32 Å². The number of nitrogens with one attached hydrogen (secondary N) is 1. The topological polar surface area (TPSA) is 77.0 Å². The van der Waals surface area contributed by atoms with Gasteiger partial charge in [-0.3, -0.25) is 4.79 Å². The maximum absolute atomic E-state index is 14.2. The van der Waals surface area contributed by atoms with E-state index in [0.29, 0.717) is 17.7 Å². The number of thioether (sulfide) groups is 1. The quantitative estimate of drug-likeness (QED) is 0.0864. The van der Waals surface area contributed by atoms with E-state index in [1.165, 1.54) is 30.0 Å². The van der Waals surface area contributed by atoms with Gasteiger partial charge in [-0.25, -0.2) is 22.0 Å². The second-order valence-electron chi connectivity index (χ2n) is 9.84. The largest absolute Gasteiger partial charge is 0.496 e. The van der Waals surface area contributed by atoms with E-state index in [-0.39, 0.29) is 18.4 Å². The summed E-state index contributed by atoms with van der Waals surface area (Å²) in [6.07, 6.45) is -1.19. The monoisotopic (exact) mass is 631 g/mol. The third-order valence-corrected chi connectivity index (χ3v) is 8.15.